The number of morpholine rings is 1. The number of hydrogen-bond donors (Lipinski definition) is 1. The predicted octanol–water partition coefficient (Wildman–Crippen LogP) is 1.76. The Bertz CT molecular complexity index is 615. The summed E-state index contributed by atoms with van der Waals surface area (Å²) in [6.07, 6.45) is 5.57. The normalized spacial score (nSPS) is 26.9. The van der Waals surface area contributed by atoms with E-state index in [-0.39, 0.29) is 5.28 Å². The van der Waals surface area contributed by atoms with Gasteiger partial charge >= 0.3 is 0 Å². The van der Waals surface area contributed by atoms with Crippen molar-refractivity contribution >= 4 is 28.5 Å². The molecule has 1 aliphatic carbocycles. The van der Waals surface area contributed by atoms with Crippen LogP contribution >= 0.6 is 11.6 Å². The molecule has 2 aliphatic rings. The van der Waals surface area contributed by atoms with E-state index in [0.717, 1.165) is 37.2 Å². The van der Waals surface area contributed by atoms with E-state index in [2.05, 4.69) is 25.1 Å². The molecule has 19 heavy (non-hydrogen) atoms. The van der Waals surface area contributed by atoms with Gasteiger partial charge in [-0.1, -0.05) is 0 Å². The number of nitrogens with zero attached hydrogens (tertiary/aromatic N) is 4. The van der Waals surface area contributed by atoms with Crippen molar-refractivity contribution in [3.63, 3.8) is 0 Å². The first-order valence-corrected chi connectivity index (χ1v) is 6.95. The van der Waals surface area contributed by atoms with Crippen LogP contribution < -0.4 is 4.90 Å². The van der Waals surface area contributed by atoms with Gasteiger partial charge in [0.15, 0.2) is 5.65 Å². The van der Waals surface area contributed by atoms with Crippen molar-refractivity contribution in [1.29, 1.82) is 0 Å². The smallest absolute Gasteiger partial charge is 0.226 e. The van der Waals surface area contributed by atoms with Crippen molar-refractivity contribution in [2.24, 2.45) is 0 Å². The Morgan fingerprint density at radius 1 is 1.37 bits per heavy atom. The zero-order valence-electron chi connectivity index (χ0n) is 10.3. The van der Waals surface area contributed by atoms with Gasteiger partial charge < -0.3 is 9.64 Å². The predicted molar refractivity (Wildman–Crippen MR) is 71.4 cm³/mol. The molecule has 1 saturated carbocycles. The van der Waals surface area contributed by atoms with E-state index in [0.29, 0.717) is 17.8 Å². The van der Waals surface area contributed by atoms with Crippen LogP contribution in [0.4, 0.5) is 5.82 Å². The Labute approximate surface area is 115 Å². The van der Waals surface area contributed by atoms with Crippen LogP contribution in [0.3, 0.4) is 0 Å². The molecule has 0 amide bonds. The van der Waals surface area contributed by atoms with E-state index >= 15 is 0 Å². The second kappa shape index (κ2) is 4.31. The van der Waals surface area contributed by atoms with E-state index in [1.165, 1.54) is 6.42 Å². The van der Waals surface area contributed by atoms with E-state index in [1.54, 1.807) is 6.20 Å². The number of fused-ring (bicyclic) bond motifs is 2. The molecule has 0 radical (unpaired) electrons. The van der Waals surface area contributed by atoms with Gasteiger partial charge in [-0.3, -0.25) is 5.10 Å². The maximum Gasteiger partial charge on any atom is 0.226 e. The lowest BCUT2D eigenvalue weighted by atomic mass is 10.1. The van der Waals surface area contributed by atoms with E-state index in [1.807, 2.05) is 0 Å². The molecule has 0 bridgehead atoms. The van der Waals surface area contributed by atoms with Crippen LogP contribution in [0.25, 0.3) is 11.0 Å². The van der Waals surface area contributed by atoms with E-state index in [9.17, 15) is 0 Å². The van der Waals surface area contributed by atoms with Gasteiger partial charge in [-0.05, 0) is 30.9 Å². The van der Waals surface area contributed by atoms with Gasteiger partial charge in [0.2, 0.25) is 5.28 Å². The molecular weight excluding hydrogens is 266 g/mol. The van der Waals surface area contributed by atoms with Crippen molar-refractivity contribution in [1.82, 2.24) is 20.2 Å². The SMILES string of the molecule is Clc1nc(N2CCOC3CCCC32)c2cn[nH]c2n1. The van der Waals surface area contributed by atoms with Crippen molar-refractivity contribution in [2.75, 3.05) is 18.1 Å². The van der Waals surface area contributed by atoms with Crippen molar-refractivity contribution in [3.05, 3.63) is 11.5 Å². The molecule has 0 spiro atoms. The monoisotopic (exact) mass is 279 g/mol. The summed E-state index contributed by atoms with van der Waals surface area (Å²) < 4.78 is 5.84. The maximum atomic E-state index is 6.01. The largest absolute Gasteiger partial charge is 0.374 e. The number of anilines is 1. The Morgan fingerprint density at radius 2 is 2.32 bits per heavy atom. The topological polar surface area (TPSA) is 66.9 Å². The molecule has 2 aromatic heterocycles. The first kappa shape index (κ1) is 11.4. The average molecular weight is 280 g/mol. The first-order chi connectivity index (χ1) is 9.33. The van der Waals surface area contributed by atoms with Gasteiger partial charge in [0.1, 0.15) is 5.82 Å². The number of rotatable bonds is 1. The number of ether oxygens (including phenoxy) is 1. The van der Waals surface area contributed by atoms with Crippen LogP contribution in [-0.4, -0.2) is 45.5 Å². The minimum absolute atomic E-state index is 0.257. The molecule has 1 aliphatic heterocycles. The molecule has 100 valence electrons. The second-order valence-electron chi connectivity index (χ2n) is 5.05. The third-order valence-corrected chi connectivity index (χ3v) is 4.19. The summed E-state index contributed by atoms with van der Waals surface area (Å²) in [6, 6.07) is 0.401. The fourth-order valence-corrected chi connectivity index (χ4v) is 3.37. The lowest BCUT2D eigenvalue weighted by Gasteiger charge is -2.38. The highest BCUT2D eigenvalue weighted by Crippen LogP contribution is 2.35. The lowest BCUT2D eigenvalue weighted by Crippen LogP contribution is -2.49. The number of aromatic nitrogens is 4. The average Bonchev–Trinajstić information content (AvgIpc) is 3.04. The number of hydrogen-bond acceptors (Lipinski definition) is 5. The molecule has 4 rings (SSSR count). The first-order valence-electron chi connectivity index (χ1n) is 6.58. The minimum Gasteiger partial charge on any atom is -0.374 e. The lowest BCUT2D eigenvalue weighted by molar-refractivity contribution is 0.0254. The Hall–Kier alpha value is -1.40. The minimum atomic E-state index is 0.257. The Kier molecular flexibility index (Phi) is 2.60. The summed E-state index contributed by atoms with van der Waals surface area (Å²) in [6.45, 7) is 1.58. The molecule has 3 heterocycles. The highest BCUT2D eigenvalue weighted by molar-refractivity contribution is 6.28. The van der Waals surface area contributed by atoms with E-state index in [4.69, 9.17) is 16.3 Å². The summed E-state index contributed by atoms with van der Waals surface area (Å²) in [7, 11) is 0. The number of halogens is 1. The van der Waals surface area contributed by atoms with Crippen LogP contribution in [-0.2, 0) is 4.74 Å². The van der Waals surface area contributed by atoms with Crippen molar-refractivity contribution in [3.8, 4) is 0 Å². The third-order valence-electron chi connectivity index (χ3n) is 4.02. The molecule has 6 nitrogen and oxygen atoms in total. The van der Waals surface area contributed by atoms with Gasteiger partial charge in [0.25, 0.3) is 0 Å². The summed E-state index contributed by atoms with van der Waals surface area (Å²) in [5.41, 5.74) is 0.691. The second-order valence-corrected chi connectivity index (χ2v) is 5.39. The molecule has 1 saturated heterocycles. The van der Waals surface area contributed by atoms with Crippen LogP contribution in [0, 0.1) is 0 Å². The van der Waals surface area contributed by atoms with Gasteiger partial charge in [-0.25, -0.2) is 0 Å². The molecular formula is C12H14ClN5O. The number of aromatic amines is 1. The molecule has 2 aromatic rings. The zero-order chi connectivity index (χ0) is 12.8. The van der Waals surface area contributed by atoms with Gasteiger partial charge in [-0.2, -0.15) is 15.1 Å². The molecule has 2 unspecified atom stereocenters. The van der Waals surface area contributed by atoms with Gasteiger partial charge in [-0.15, -0.1) is 0 Å². The van der Waals surface area contributed by atoms with Crippen LogP contribution in [0.2, 0.25) is 5.28 Å². The van der Waals surface area contributed by atoms with Crippen molar-refractivity contribution in [2.45, 2.75) is 31.4 Å². The number of H-pyrrole nitrogens is 1. The molecule has 0 aromatic carbocycles. The van der Waals surface area contributed by atoms with Crippen LogP contribution in [0.5, 0.6) is 0 Å². The summed E-state index contributed by atoms with van der Waals surface area (Å²) in [4.78, 5) is 10.9. The standard InChI is InChI=1S/C12H14ClN5O/c13-12-15-10-7(6-14-17-10)11(16-12)18-4-5-19-9-3-1-2-8(9)18/h6,8-9H,1-5H2,(H,14,15,16,17). The van der Waals surface area contributed by atoms with Crippen LogP contribution in [0.1, 0.15) is 19.3 Å². The number of nitrogens with one attached hydrogen (secondary N) is 1. The fraction of sp³-hybridized carbons (Fsp3) is 0.583. The summed E-state index contributed by atoms with van der Waals surface area (Å²) in [5, 5.41) is 8.08. The van der Waals surface area contributed by atoms with Crippen molar-refractivity contribution < 1.29 is 4.74 Å². The molecule has 2 fully saturated rings. The molecule has 1 N–H and O–H groups in total. The van der Waals surface area contributed by atoms with Gasteiger partial charge in [0, 0.05) is 6.54 Å². The molecule has 7 heteroatoms. The highest BCUT2D eigenvalue weighted by Gasteiger charge is 2.37. The fourth-order valence-electron chi connectivity index (χ4n) is 3.20. The zero-order valence-corrected chi connectivity index (χ0v) is 11.1. The van der Waals surface area contributed by atoms with E-state index < -0.39 is 0 Å². The Balaban J connectivity index is 1.82. The molecule has 2 atom stereocenters. The summed E-state index contributed by atoms with van der Waals surface area (Å²) >= 11 is 6.01. The summed E-state index contributed by atoms with van der Waals surface area (Å²) in [5.74, 6) is 0.879. The highest BCUT2D eigenvalue weighted by atomic mass is 35.5. The maximum absolute atomic E-state index is 6.01. The third kappa shape index (κ3) is 1.78. The Morgan fingerprint density at radius 3 is 3.26 bits per heavy atom. The van der Waals surface area contributed by atoms with Crippen LogP contribution in [0.15, 0.2) is 6.20 Å². The quantitative estimate of drug-likeness (QED) is 0.806. The van der Waals surface area contributed by atoms with Gasteiger partial charge in [0.05, 0.1) is 30.3 Å².